The molecule has 0 saturated heterocycles. The van der Waals surface area contributed by atoms with Crippen LogP contribution in [0.2, 0.25) is 0 Å². The number of carbonyl (C=O) groups is 1. The molecule has 3 nitrogen and oxygen atoms in total. The normalized spacial score (nSPS) is 12.1. The van der Waals surface area contributed by atoms with Crippen molar-refractivity contribution in [3.8, 4) is 0 Å². The van der Waals surface area contributed by atoms with E-state index < -0.39 is 5.97 Å². The summed E-state index contributed by atoms with van der Waals surface area (Å²) in [6.07, 6.45) is 0.0605. The molecule has 0 heterocycles. The smallest absolute Gasteiger partial charge is 0.331 e. The molecule has 1 N–H and O–H groups in total. The summed E-state index contributed by atoms with van der Waals surface area (Å²) in [4.78, 5) is 10.6. The van der Waals surface area contributed by atoms with Crippen molar-refractivity contribution in [2.45, 2.75) is 12.5 Å². The largest absolute Gasteiger partial charge is 0.478 e. The van der Waals surface area contributed by atoms with Crippen LogP contribution in [0.15, 0.2) is 42.5 Å². The highest BCUT2D eigenvalue weighted by Gasteiger charge is 2.14. The Bertz CT molecular complexity index is 343. The quantitative estimate of drug-likeness (QED) is 0.752. The minimum absolute atomic E-state index is 0.158. The van der Waals surface area contributed by atoms with Gasteiger partial charge in [0, 0.05) is 19.1 Å². The Hall–Kier alpha value is -1.61. The molecule has 0 bridgehead atoms. The van der Waals surface area contributed by atoms with Gasteiger partial charge in [-0.15, -0.1) is 0 Å². The predicted octanol–water partition coefficient (Wildman–Crippen LogP) is 2.40. The molecular formula is C12H14O3. The SMILES string of the molecule is C=C(C[C@@H](OC)c1ccccc1)C(=O)O. The van der Waals surface area contributed by atoms with Gasteiger partial charge in [0.2, 0.25) is 0 Å². The van der Waals surface area contributed by atoms with Crippen molar-refractivity contribution < 1.29 is 14.6 Å². The van der Waals surface area contributed by atoms with Gasteiger partial charge in [-0.1, -0.05) is 36.9 Å². The summed E-state index contributed by atoms with van der Waals surface area (Å²) >= 11 is 0. The minimum Gasteiger partial charge on any atom is -0.478 e. The van der Waals surface area contributed by atoms with Gasteiger partial charge in [-0.05, 0) is 5.56 Å². The van der Waals surface area contributed by atoms with Crippen LogP contribution in [0.3, 0.4) is 0 Å². The van der Waals surface area contributed by atoms with Gasteiger partial charge in [-0.2, -0.15) is 0 Å². The first-order valence-corrected chi connectivity index (χ1v) is 4.64. The minimum atomic E-state index is -0.979. The van der Waals surface area contributed by atoms with Crippen molar-refractivity contribution in [3.05, 3.63) is 48.0 Å². The van der Waals surface area contributed by atoms with Crippen molar-refractivity contribution >= 4 is 5.97 Å². The summed E-state index contributed by atoms with van der Waals surface area (Å²) in [5.74, 6) is -0.979. The van der Waals surface area contributed by atoms with E-state index in [9.17, 15) is 4.79 Å². The second-order valence-corrected chi connectivity index (χ2v) is 3.25. The fraction of sp³-hybridized carbons (Fsp3) is 0.250. The van der Waals surface area contributed by atoms with E-state index in [4.69, 9.17) is 9.84 Å². The molecule has 0 aliphatic carbocycles. The van der Waals surface area contributed by atoms with E-state index in [1.165, 1.54) is 0 Å². The zero-order valence-corrected chi connectivity index (χ0v) is 8.64. The molecule has 3 heteroatoms. The highest BCUT2D eigenvalue weighted by atomic mass is 16.5. The maximum atomic E-state index is 10.6. The highest BCUT2D eigenvalue weighted by Crippen LogP contribution is 2.23. The van der Waals surface area contributed by atoms with Gasteiger partial charge in [0.15, 0.2) is 0 Å². The molecule has 1 aromatic carbocycles. The summed E-state index contributed by atoms with van der Waals surface area (Å²) in [7, 11) is 1.56. The first-order valence-electron chi connectivity index (χ1n) is 4.64. The Morgan fingerprint density at radius 2 is 2.07 bits per heavy atom. The molecular weight excluding hydrogens is 192 g/mol. The third-order valence-electron chi connectivity index (χ3n) is 2.19. The van der Waals surface area contributed by atoms with Crippen molar-refractivity contribution in [2.24, 2.45) is 0 Å². The third-order valence-corrected chi connectivity index (χ3v) is 2.19. The van der Waals surface area contributed by atoms with Gasteiger partial charge >= 0.3 is 5.97 Å². The van der Waals surface area contributed by atoms with E-state index in [1.807, 2.05) is 30.3 Å². The van der Waals surface area contributed by atoms with Crippen LogP contribution in [-0.2, 0) is 9.53 Å². The second kappa shape index (κ2) is 5.32. The molecule has 1 aromatic rings. The van der Waals surface area contributed by atoms with E-state index in [1.54, 1.807) is 7.11 Å². The Morgan fingerprint density at radius 3 is 2.53 bits per heavy atom. The summed E-state index contributed by atoms with van der Waals surface area (Å²) in [5, 5.41) is 8.72. The summed E-state index contributed by atoms with van der Waals surface area (Å²) < 4.78 is 5.23. The molecule has 0 aliphatic heterocycles. The monoisotopic (exact) mass is 206 g/mol. The van der Waals surface area contributed by atoms with E-state index in [2.05, 4.69) is 6.58 Å². The van der Waals surface area contributed by atoms with Crippen LogP contribution in [-0.4, -0.2) is 18.2 Å². The molecule has 0 amide bonds. The molecule has 1 atom stereocenters. The maximum Gasteiger partial charge on any atom is 0.331 e. The van der Waals surface area contributed by atoms with Gasteiger partial charge in [-0.25, -0.2) is 4.79 Å². The molecule has 0 saturated carbocycles. The fourth-order valence-electron chi connectivity index (χ4n) is 1.32. The van der Waals surface area contributed by atoms with Crippen molar-refractivity contribution in [1.82, 2.24) is 0 Å². The number of methoxy groups -OCH3 is 1. The van der Waals surface area contributed by atoms with Crippen molar-refractivity contribution in [1.29, 1.82) is 0 Å². The number of hydrogen-bond donors (Lipinski definition) is 1. The molecule has 0 radical (unpaired) electrons. The number of aliphatic carboxylic acids is 1. The summed E-state index contributed by atoms with van der Waals surface area (Å²) in [6.45, 7) is 3.49. The number of ether oxygens (including phenoxy) is 1. The molecule has 0 aliphatic rings. The Labute approximate surface area is 89.0 Å². The first kappa shape index (κ1) is 11.5. The number of rotatable bonds is 5. The van der Waals surface area contributed by atoms with Crippen LogP contribution >= 0.6 is 0 Å². The van der Waals surface area contributed by atoms with Crippen LogP contribution in [0, 0.1) is 0 Å². The zero-order chi connectivity index (χ0) is 11.3. The van der Waals surface area contributed by atoms with Gasteiger partial charge in [0.05, 0.1) is 6.10 Å². The number of hydrogen-bond acceptors (Lipinski definition) is 2. The van der Waals surface area contributed by atoms with E-state index in [-0.39, 0.29) is 11.7 Å². The fourth-order valence-corrected chi connectivity index (χ4v) is 1.32. The van der Waals surface area contributed by atoms with Crippen LogP contribution in [0.4, 0.5) is 0 Å². The lowest BCUT2D eigenvalue weighted by molar-refractivity contribution is -0.133. The summed E-state index contributed by atoms with van der Waals surface area (Å²) in [5.41, 5.74) is 1.12. The van der Waals surface area contributed by atoms with Crippen LogP contribution in [0.5, 0.6) is 0 Å². The Kier molecular flexibility index (Phi) is 4.06. The van der Waals surface area contributed by atoms with Crippen LogP contribution in [0.25, 0.3) is 0 Å². The maximum absolute atomic E-state index is 10.6. The first-order chi connectivity index (χ1) is 7.15. The van der Waals surface area contributed by atoms with Crippen LogP contribution < -0.4 is 0 Å². The number of carboxylic acid groups (broad SMARTS) is 1. The Balaban J connectivity index is 2.73. The standard InChI is InChI=1S/C12H14O3/c1-9(12(13)14)8-11(15-2)10-6-4-3-5-7-10/h3-7,11H,1,8H2,2H3,(H,13,14)/t11-/m1/s1. The molecule has 1 rings (SSSR count). The van der Waals surface area contributed by atoms with Crippen LogP contribution in [0.1, 0.15) is 18.1 Å². The number of benzene rings is 1. The Morgan fingerprint density at radius 1 is 1.47 bits per heavy atom. The van der Waals surface area contributed by atoms with Crippen molar-refractivity contribution in [3.63, 3.8) is 0 Å². The molecule has 15 heavy (non-hydrogen) atoms. The van der Waals surface area contributed by atoms with Gasteiger partial charge in [-0.3, -0.25) is 0 Å². The molecule has 0 unspecified atom stereocenters. The highest BCUT2D eigenvalue weighted by molar-refractivity contribution is 5.85. The van der Waals surface area contributed by atoms with Gasteiger partial charge in [0.1, 0.15) is 0 Å². The average molecular weight is 206 g/mol. The summed E-state index contributed by atoms with van der Waals surface area (Å²) in [6, 6.07) is 9.50. The number of carboxylic acids is 1. The third kappa shape index (κ3) is 3.22. The van der Waals surface area contributed by atoms with Gasteiger partial charge in [0.25, 0.3) is 0 Å². The van der Waals surface area contributed by atoms with E-state index >= 15 is 0 Å². The van der Waals surface area contributed by atoms with Crippen molar-refractivity contribution in [2.75, 3.05) is 7.11 Å². The molecule has 80 valence electrons. The lowest BCUT2D eigenvalue weighted by atomic mass is 10.0. The topological polar surface area (TPSA) is 46.5 Å². The van der Waals surface area contributed by atoms with E-state index in [0.29, 0.717) is 6.42 Å². The average Bonchev–Trinajstić information content (AvgIpc) is 2.26. The van der Waals surface area contributed by atoms with Gasteiger partial charge < -0.3 is 9.84 Å². The molecule has 0 aromatic heterocycles. The molecule has 0 spiro atoms. The predicted molar refractivity (Wildman–Crippen MR) is 57.6 cm³/mol. The zero-order valence-electron chi connectivity index (χ0n) is 8.64. The lowest BCUT2D eigenvalue weighted by Gasteiger charge is -2.15. The molecule has 0 fully saturated rings. The van der Waals surface area contributed by atoms with E-state index in [0.717, 1.165) is 5.56 Å². The lowest BCUT2D eigenvalue weighted by Crippen LogP contribution is -2.07. The second-order valence-electron chi connectivity index (χ2n) is 3.25.